The number of para-hydroxylation sites is 1. The van der Waals surface area contributed by atoms with Crippen molar-refractivity contribution in [3.63, 3.8) is 0 Å². The van der Waals surface area contributed by atoms with Gasteiger partial charge in [0.05, 0.1) is 32.8 Å². The first-order valence-corrected chi connectivity index (χ1v) is 8.89. The van der Waals surface area contributed by atoms with Gasteiger partial charge in [-0.1, -0.05) is 24.3 Å². The average Bonchev–Trinajstić information content (AvgIpc) is 2.62. The van der Waals surface area contributed by atoms with Crippen LogP contribution in [0.15, 0.2) is 36.9 Å². The molecule has 1 heterocycles. The van der Waals surface area contributed by atoms with E-state index >= 15 is 0 Å². The number of carbonyl (C=O) groups excluding carboxylic acids is 1. The third kappa shape index (κ3) is 6.07. The van der Waals surface area contributed by atoms with Gasteiger partial charge in [-0.3, -0.25) is 4.90 Å². The monoisotopic (exact) mass is 349 g/mol. The average molecular weight is 349 g/mol. The SMILES string of the molecule is C=CCc1ccccc1OC[C@@H](O)C[NH+]1CCN(C(=O)OCC)CC1. The lowest BCUT2D eigenvalue weighted by molar-refractivity contribution is -0.907. The van der Waals surface area contributed by atoms with Gasteiger partial charge in [-0.15, -0.1) is 6.58 Å². The quantitative estimate of drug-likeness (QED) is 0.672. The fourth-order valence-corrected chi connectivity index (χ4v) is 2.97. The highest BCUT2D eigenvalue weighted by molar-refractivity contribution is 5.67. The number of aliphatic hydroxyl groups is 1. The van der Waals surface area contributed by atoms with Gasteiger partial charge in [0.15, 0.2) is 0 Å². The molecule has 1 atom stereocenters. The number of carbonyl (C=O) groups is 1. The van der Waals surface area contributed by atoms with E-state index in [2.05, 4.69) is 6.58 Å². The van der Waals surface area contributed by atoms with Gasteiger partial charge in [0.25, 0.3) is 0 Å². The lowest BCUT2D eigenvalue weighted by atomic mass is 10.1. The van der Waals surface area contributed by atoms with Crippen LogP contribution in [-0.4, -0.2) is 68.1 Å². The number of nitrogens with zero attached hydrogens (tertiary/aromatic N) is 1. The first kappa shape index (κ1) is 19.3. The van der Waals surface area contributed by atoms with Crippen molar-refractivity contribution in [1.82, 2.24) is 4.90 Å². The third-order valence-corrected chi connectivity index (χ3v) is 4.29. The van der Waals surface area contributed by atoms with Crippen LogP contribution < -0.4 is 9.64 Å². The summed E-state index contributed by atoms with van der Waals surface area (Å²) in [6.45, 7) is 9.77. The topological polar surface area (TPSA) is 63.4 Å². The Morgan fingerprint density at radius 2 is 2.12 bits per heavy atom. The van der Waals surface area contributed by atoms with Crippen LogP contribution in [0, 0.1) is 0 Å². The van der Waals surface area contributed by atoms with Crippen LogP contribution in [0.5, 0.6) is 5.75 Å². The third-order valence-electron chi connectivity index (χ3n) is 4.29. The molecular weight excluding hydrogens is 320 g/mol. The number of rotatable bonds is 8. The number of nitrogens with one attached hydrogen (secondary N) is 1. The van der Waals surface area contributed by atoms with Gasteiger partial charge in [0, 0.05) is 0 Å². The maximum Gasteiger partial charge on any atom is 0.410 e. The molecule has 1 amide bonds. The zero-order chi connectivity index (χ0) is 18.1. The van der Waals surface area contributed by atoms with E-state index in [-0.39, 0.29) is 12.7 Å². The van der Waals surface area contributed by atoms with Crippen molar-refractivity contribution in [3.8, 4) is 5.75 Å². The van der Waals surface area contributed by atoms with Gasteiger partial charge in [-0.2, -0.15) is 0 Å². The Morgan fingerprint density at radius 3 is 2.80 bits per heavy atom. The number of benzene rings is 1. The van der Waals surface area contributed by atoms with E-state index in [0.717, 1.165) is 30.8 Å². The molecule has 0 bridgehead atoms. The van der Waals surface area contributed by atoms with Gasteiger partial charge in [0.1, 0.15) is 25.0 Å². The Morgan fingerprint density at radius 1 is 1.40 bits per heavy atom. The van der Waals surface area contributed by atoms with Crippen LogP contribution in [0.1, 0.15) is 12.5 Å². The molecule has 0 saturated carbocycles. The maximum absolute atomic E-state index is 11.7. The molecule has 0 radical (unpaired) electrons. The number of piperazine rings is 1. The van der Waals surface area contributed by atoms with E-state index in [9.17, 15) is 9.90 Å². The van der Waals surface area contributed by atoms with E-state index < -0.39 is 6.10 Å². The van der Waals surface area contributed by atoms with E-state index in [4.69, 9.17) is 9.47 Å². The number of allylic oxidation sites excluding steroid dienone is 1. The Bertz CT molecular complexity index is 556. The molecule has 0 aromatic heterocycles. The van der Waals surface area contributed by atoms with Gasteiger partial charge in [-0.25, -0.2) is 4.79 Å². The predicted octanol–water partition coefficient (Wildman–Crippen LogP) is 0.512. The molecule has 2 N–H and O–H groups in total. The molecule has 0 spiro atoms. The zero-order valence-corrected chi connectivity index (χ0v) is 14.9. The smallest absolute Gasteiger partial charge is 0.410 e. The van der Waals surface area contributed by atoms with E-state index in [0.29, 0.717) is 26.2 Å². The fraction of sp³-hybridized carbons (Fsp3) is 0.526. The summed E-state index contributed by atoms with van der Waals surface area (Å²) in [7, 11) is 0. The summed E-state index contributed by atoms with van der Waals surface area (Å²) in [6.07, 6.45) is 1.80. The summed E-state index contributed by atoms with van der Waals surface area (Å²) >= 11 is 0. The predicted molar refractivity (Wildman–Crippen MR) is 96.0 cm³/mol. The van der Waals surface area contributed by atoms with Crippen molar-refractivity contribution in [3.05, 3.63) is 42.5 Å². The van der Waals surface area contributed by atoms with Gasteiger partial charge in [0.2, 0.25) is 0 Å². The second kappa shape index (κ2) is 10.1. The van der Waals surface area contributed by atoms with Crippen molar-refractivity contribution in [1.29, 1.82) is 0 Å². The Balaban J connectivity index is 1.74. The van der Waals surface area contributed by atoms with E-state index in [1.165, 1.54) is 4.90 Å². The summed E-state index contributed by atoms with van der Waals surface area (Å²) in [5, 5.41) is 10.3. The first-order valence-electron chi connectivity index (χ1n) is 8.89. The van der Waals surface area contributed by atoms with Crippen molar-refractivity contribution in [2.24, 2.45) is 0 Å². The molecule has 2 rings (SSSR count). The Hall–Kier alpha value is -2.05. The van der Waals surface area contributed by atoms with Gasteiger partial charge < -0.3 is 19.5 Å². The van der Waals surface area contributed by atoms with E-state index in [1.807, 2.05) is 37.3 Å². The number of hydrogen-bond acceptors (Lipinski definition) is 4. The van der Waals surface area contributed by atoms with Crippen LogP contribution in [0.4, 0.5) is 4.79 Å². The van der Waals surface area contributed by atoms with Crippen LogP contribution in [0.2, 0.25) is 0 Å². The lowest BCUT2D eigenvalue weighted by Gasteiger charge is -2.32. The fourth-order valence-electron chi connectivity index (χ4n) is 2.97. The first-order chi connectivity index (χ1) is 12.1. The standard InChI is InChI=1S/C19H28N2O4/c1-3-7-16-8-5-6-9-18(16)25-15-17(22)14-20-10-12-21(13-11-20)19(23)24-4-2/h3,5-6,8-9,17,22H,1,4,7,10-15H2,2H3/p+1/t17-/m0/s1. The molecule has 1 aromatic rings. The van der Waals surface area contributed by atoms with Crippen molar-refractivity contribution < 1.29 is 24.3 Å². The molecule has 1 aliphatic heterocycles. The van der Waals surface area contributed by atoms with Gasteiger partial charge in [-0.05, 0) is 25.0 Å². The summed E-state index contributed by atoms with van der Waals surface area (Å²) in [4.78, 5) is 14.7. The van der Waals surface area contributed by atoms with E-state index in [1.54, 1.807) is 4.90 Å². The lowest BCUT2D eigenvalue weighted by Crippen LogP contribution is -3.16. The van der Waals surface area contributed by atoms with Crippen molar-refractivity contribution in [2.45, 2.75) is 19.4 Å². The largest absolute Gasteiger partial charge is 0.490 e. The summed E-state index contributed by atoms with van der Waals surface area (Å²) in [6, 6.07) is 7.81. The minimum atomic E-state index is -0.541. The molecule has 1 saturated heterocycles. The van der Waals surface area contributed by atoms with Crippen molar-refractivity contribution in [2.75, 3.05) is 45.9 Å². The molecule has 1 aromatic carbocycles. The number of ether oxygens (including phenoxy) is 2. The molecule has 6 heteroatoms. The highest BCUT2D eigenvalue weighted by atomic mass is 16.6. The second-order valence-corrected chi connectivity index (χ2v) is 6.21. The van der Waals surface area contributed by atoms with Crippen LogP contribution in [-0.2, 0) is 11.2 Å². The number of aliphatic hydroxyl groups excluding tert-OH is 1. The number of quaternary nitrogens is 1. The van der Waals surface area contributed by atoms with Gasteiger partial charge >= 0.3 is 6.09 Å². The minimum Gasteiger partial charge on any atom is -0.490 e. The molecule has 138 valence electrons. The zero-order valence-electron chi connectivity index (χ0n) is 14.9. The molecule has 25 heavy (non-hydrogen) atoms. The number of amides is 1. The minimum absolute atomic E-state index is 0.246. The van der Waals surface area contributed by atoms with Crippen LogP contribution >= 0.6 is 0 Å². The molecule has 6 nitrogen and oxygen atoms in total. The molecule has 1 fully saturated rings. The van der Waals surface area contributed by atoms with Crippen LogP contribution in [0.3, 0.4) is 0 Å². The number of hydrogen-bond donors (Lipinski definition) is 2. The summed E-state index contributed by atoms with van der Waals surface area (Å²) in [5.74, 6) is 0.795. The molecule has 0 aliphatic carbocycles. The molecule has 1 aliphatic rings. The summed E-state index contributed by atoms with van der Waals surface area (Å²) in [5.41, 5.74) is 1.07. The normalized spacial score (nSPS) is 16.3. The second-order valence-electron chi connectivity index (χ2n) is 6.21. The highest BCUT2D eigenvalue weighted by Crippen LogP contribution is 2.18. The van der Waals surface area contributed by atoms with Crippen LogP contribution in [0.25, 0.3) is 0 Å². The Labute approximate surface area is 149 Å². The van der Waals surface area contributed by atoms with Crippen molar-refractivity contribution >= 4 is 6.09 Å². The molecular formula is C19H29N2O4+. The molecule has 0 unspecified atom stereocenters. The summed E-state index contributed by atoms with van der Waals surface area (Å²) < 4.78 is 10.8. The Kier molecular flexibility index (Phi) is 7.76. The highest BCUT2D eigenvalue weighted by Gasteiger charge is 2.26. The maximum atomic E-state index is 11.7.